The lowest BCUT2D eigenvalue weighted by molar-refractivity contribution is -0.161. The average Bonchev–Trinajstić information content (AvgIpc) is 3.19. The van der Waals surface area contributed by atoms with E-state index in [2.05, 4.69) is 91.3 Å². The Morgan fingerprint density at radius 1 is 0.554 bits per heavy atom. The second-order valence-electron chi connectivity index (χ2n) is 13.6. The molecule has 0 aromatic heterocycles. The average molecular weight is 807 g/mol. The zero-order chi connectivity index (χ0) is 41.2. The number of allylic oxidation sites excluding steroid dienone is 14. The Bertz CT molecular complexity index is 1200. The van der Waals surface area contributed by atoms with Gasteiger partial charge in [0, 0.05) is 12.8 Å². The predicted octanol–water partition coefficient (Wildman–Crippen LogP) is 11.1. The van der Waals surface area contributed by atoms with Crippen LogP contribution in [0.3, 0.4) is 0 Å². The summed E-state index contributed by atoms with van der Waals surface area (Å²) in [6.45, 7) is 2.13. The van der Waals surface area contributed by atoms with Gasteiger partial charge in [-0.1, -0.05) is 144 Å². The molecular formula is C45H75O10P. The van der Waals surface area contributed by atoms with Gasteiger partial charge in [0.2, 0.25) is 0 Å². The van der Waals surface area contributed by atoms with Crippen LogP contribution in [0.15, 0.2) is 85.1 Å². The van der Waals surface area contributed by atoms with Crippen LogP contribution in [0.1, 0.15) is 149 Å². The Balaban J connectivity index is 4.42. The van der Waals surface area contributed by atoms with E-state index in [0.717, 1.165) is 70.6 Å². The minimum atomic E-state index is -4.64. The lowest BCUT2D eigenvalue weighted by atomic mass is 10.1. The summed E-state index contributed by atoms with van der Waals surface area (Å²) in [5, 5.41) is 18.3. The second-order valence-corrected chi connectivity index (χ2v) is 15.1. The molecular weight excluding hydrogens is 731 g/mol. The lowest BCUT2D eigenvalue weighted by Crippen LogP contribution is -2.29. The molecule has 0 saturated heterocycles. The van der Waals surface area contributed by atoms with E-state index in [1.807, 2.05) is 12.2 Å². The molecule has 2 unspecified atom stereocenters. The van der Waals surface area contributed by atoms with Crippen molar-refractivity contribution in [3.8, 4) is 0 Å². The van der Waals surface area contributed by atoms with Gasteiger partial charge in [0.05, 0.1) is 19.8 Å². The summed E-state index contributed by atoms with van der Waals surface area (Å²) in [6, 6.07) is 0. The van der Waals surface area contributed by atoms with Crippen molar-refractivity contribution >= 4 is 19.8 Å². The van der Waals surface area contributed by atoms with Crippen LogP contribution in [0, 0.1) is 0 Å². The smallest absolute Gasteiger partial charge is 0.462 e. The third-order valence-corrected chi connectivity index (χ3v) is 9.25. The Labute approximate surface area is 339 Å². The highest BCUT2D eigenvalue weighted by molar-refractivity contribution is 7.47. The minimum Gasteiger partial charge on any atom is -0.462 e. The number of hydrogen-bond acceptors (Lipinski definition) is 9. The van der Waals surface area contributed by atoms with Crippen molar-refractivity contribution in [1.29, 1.82) is 0 Å². The van der Waals surface area contributed by atoms with Crippen LogP contribution < -0.4 is 0 Å². The highest BCUT2D eigenvalue weighted by Gasteiger charge is 2.27. The molecule has 10 nitrogen and oxygen atoms in total. The molecule has 0 aliphatic rings. The van der Waals surface area contributed by atoms with Gasteiger partial charge in [-0.25, -0.2) is 4.57 Å². The molecule has 0 saturated carbocycles. The topological polar surface area (TPSA) is 149 Å². The molecule has 320 valence electrons. The summed E-state index contributed by atoms with van der Waals surface area (Å²) in [5.74, 6) is -1.04. The highest BCUT2D eigenvalue weighted by Crippen LogP contribution is 2.43. The van der Waals surface area contributed by atoms with E-state index in [9.17, 15) is 24.2 Å². The molecule has 0 aliphatic carbocycles. The SMILES string of the molecule is CC/C=C/C/C=C/C/C=C/C/C=C/C/C=C/CCCCCCC(=O)OCC(COP(=O)(O)OC[C@H](O)CO)OC(=O)CC/C=C/C/C=C/CCCCCCCC. The molecule has 0 aromatic rings. The number of hydrogen-bond donors (Lipinski definition) is 3. The lowest BCUT2D eigenvalue weighted by Gasteiger charge is -2.20. The first-order chi connectivity index (χ1) is 27.2. The van der Waals surface area contributed by atoms with E-state index >= 15 is 0 Å². The summed E-state index contributed by atoms with van der Waals surface area (Å²) in [4.78, 5) is 34.9. The van der Waals surface area contributed by atoms with Gasteiger partial charge in [0.15, 0.2) is 6.10 Å². The molecule has 3 atom stereocenters. The number of ether oxygens (including phenoxy) is 2. The van der Waals surface area contributed by atoms with Gasteiger partial charge in [-0.3, -0.25) is 18.6 Å². The van der Waals surface area contributed by atoms with Crippen LogP contribution in [-0.4, -0.2) is 65.7 Å². The zero-order valence-electron chi connectivity index (χ0n) is 34.6. The van der Waals surface area contributed by atoms with Gasteiger partial charge in [-0.2, -0.15) is 0 Å². The maximum atomic E-state index is 12.5. The van der Waals surface area contributed by atoms with Crippen LogP contribution in [0.4, 0.5) is 0 Å². The van der Waals surface area contributed by atoms with Gasteiger partial charge >= 0.3 is 19.8 Å². The van der Waals surface area contributed by atoms with Crippen molar-refractivity contribution in [3.05, 3.63) is 85.1 Å². The summed E-state index contributed by atoms with van der Waals surface area (Å²) >= 11 is 0. The zero-order valence-corrected chi connectivity index (χ0v) is 35.5. The normalized spacial score (nSPS) is 14.7. The Hall–Kier alpha value is -2.85. The van der Waals surface area contributed by atoms with Gasteiger partial charge in [-0.15, -0.1) is 0 Å². The largest absolute Gasteiger partial charge is 0.472 e. The third kappa shape index (κ3) is 39.4. The van der Waals surface area contributed by atoms with Gasteiger partial charge in [-0.05, 0) is 77.0 Å². The molecule has 11 heteroatoms. The maximum Gasteiger partial charge on any atom is 0.472 e. The molecule has 0 radical (unpaired) electrons. The second kappa shape index (κ2) is 40.4. The highest BCUT2D eigenvalue weighted by atomic mass is 31.2. The Morgan fingerprint density at radius 3 is 1.55 bits per heavy atom. The summed E-state index contributed by atoms with van der Waals surface area (Å²) < 4.78 is 32.6. The Morgan fingerprint density at radius 2 is 1.02 bits per heavy atom. The number of esters is 2. The number of rotatable bonds is 38. The van der Waals surface area contributed by atoms with E-state index in [4.69, 9.17) is 19.1 Å². The number of unbranched alkanes of at least 4 members (excludes halogenated alkanes) is 10. The van der Waals surface area contributed by atoms with Crippen LogP contribution >= 0.6 is 7.82 Å². The van der Waals surface area contributed by atoms with Crippen molar-refractivity contribution < 1.29 is 47.8 Å². The summed E-state index contributed by atoms with van der Waals surface area (Å²) in [5.41, 5.74) is 0. The third-order valence-electron chi connectivity index (χ3n) is 8.30. The van der Waals surface area contributed by atoms with E-state index in [-0.39, 0.29) is 19.4 Å². The number of phosphoric ester groups is 1. The van der Waals surface area contributed by atoms with Gasteiger partial charge in [0.25, 0.3) is 0 Å². The van der Waals surface area contributed by atoms with Gasteiger partial charge < -0.3 is 24.6 Å². The molecule has 0 spiro atoms. The van der Waals surface area contributed by atoms with Crippen LogP contribution in [0.2, 0.25) is 0 Å². The van der Waals surface area contributed by atoms with E-state index < -0.39 is 51.8 Å². The predicted molar refractivity (Wildman–Crippen MR) is 228 cm³/mol. The van der Waals surface area contributed by atoms with E-state index in [1.54, 1.807) is 0 Å². The fraction of sp³-hybridized carbons (Fsp3) is 0.644. The molecule has 0 bridgehead atoms. The molecule has 3 N–H and O–H groups in total. The van der Waals surface area contributed by atoms with E-state index in [0.29, 0.717) is 12.8 Å². The standard InChI is InChI=1S/C45H75O10P/c1-3-5-7-9-11-13-15-17-18-19-20-21-22-23-25-26-28-30-32-34-36-44(48)52-40-43(41-54-56(50,51)53-39-42(47)38-46)55-45(49)37-35-33-31-29-27-24-16-14-12-10-8-6-4-2/h5,7,11,13,17-18,20-21,23-25,27,31,33,42-43,46-47H,3-4,6,8-10,12,14-16,19,22,26,28-30,32,34-41H2,1-2H3,(H,50,51)/b7-5+,13-11+,18-17+,21-20+,25-23+,27-24+,33-31+/t42-,43?/m1/s1. The van der Waals surface area contributed by atoms with E-state index in [1.165, 1.54) is 38.5 Å². The van der Waals surface area contributed by atoms with Crippen molar-refractivity contribution in [2.75, 3.05) is 26.4 Å². The first-order valence-corrected chi connectivity index (χ1v) is 22.5. The van der Waals surface area contributed by atoms with Gasteiger partial charge in [0.1, 0.15) is 12.7 Å². The maximum absolute atomic E-state index is 12.5. The van der Waals surface area contributed by atoms with Crippen molar-refractivity contribution in [2.24, 2.45) is 0 Å². The molecule has 0 aromatic carbocycles. The summed E-state index contributed by atoms with van der Waals surface area (Å²) in [7, 11) is -4.64. The molecule has 56 heavy (non-hydrogen) atoms. The number of carbonyl (C=O) groups is 2. The number of phosphoric acid groups is 1. The first-order valence-electron chi connectivity index (χ1n) is 21.0. The molecule has 0 amide bonds. The summed E-state index contributed by atoms with van der Waals surface area (Å²) in [6.07, 6.45) is 47.1. The van der Waals surface area contributed by atoms with Crippen molar-refractivity contribution in [1.82, 2.24) is 0 Å². The molecule has 0 aliphatic heterocycles. The minimum absolute atomic E-state index is 0.0675. The molecule has 0 rings (SSSR count). The van der Waals surface area contributed by atoms with Crippen LogP contribution in [0.5, 0.6) is 0 Å². The fourth-order valence-corrected chi connectivity index (χ4v) is 5.86. The first kappa shape index (κ1) is 53.1. The fourth-order valence-electron chi connectivity index (χ4n) is 5.07. The molecule has 0 heterocycles. The number of aliphatic hydroxyl groups excluding tert-OH is 2. The quantitative estimate of drug-likeness (QED) is 0.0238. The van der Waals surface area contributed by atoms with Crippen LogP contribution in [0.25, 0.3) is 0 Å². The monoisotopic (exact) mass is 807 g/mol. The van der Waals surface area contributed by atoms with Crippen LogP contribution in [-0.2, 0) is 32.7 Å². The van der Waals surface area contributed by atoms with Crippen molar-refractivity contribution in [3.63, 3.8) is 0 Å². The number of aliphatic hydroxyl groups is 2. The Kier molecular flexibility index (Phi) is 38.3. The molecule has 0 fully saturated rings. The number of carbonyl (C=O) groups excluding carboxylic acids is 2. The van der Waals surface area contributed by atoms with Crippen molar-refractivity contribution in [2.45, 2.75) is 161 Å².